The van der Waals surface area contributed by atoms with Crippen molar-refractivity contribution in [2.45, 2.75) is 0 Å². The van der Waals surface area contributed by atoms with Crippen LogP contribution in [0.25, 0.3) is 74.3 Å². The van der Waals surface area contributed by atoms with Crippen LogP contribution >= 0.6 is 22.7 Å². The average Bonchev–Trinajstić information content (AvgIpc) is 3.82. The van der Waals surface area contributed by atoms with E-state index in [4.69, 9.17) is 4.98 Å². The monoisotopic (exact) mass is 634 g/mol. The molecule has 0 spiro atoms. The van der Waals surface area contributed by atoms with E-state index in [2.05, 4.69) is 163 Å². The van der Waals surface area contributed by atoms with Crippen LogP contribution in [0.2, 0.25) is 0 Å². The molecular weight excluding hydrogens is 609 g/mol. The number of thiazole rings is 1. The summed E-state index contributed by atoms with van der Waals surface area (Å²) in [5.41, 5.74) is 10.6. The van der Waals surface area contributed by atoms with Gasteiger partial charge in [-0.3, -0.25) is 0 Å². The average molecular weight is 635 g/mol. The summed E-state index contributed by atoms with van der Waals surface area (Å²) in [7, 11) is 0. The first-order valence-electron chi connectivity index (χ1n) is 15.8. The Morgan fingerprint density at radius 3 is 1.96 bits per heavy atom. The highest BCUT2D eigenvalue weighted by Gasteiger charge is 2.28. The maximum absolute atomic E-state index is 5.19. The zero-order valence-electron chi connectivity index (χ0n) is 25.2. The first-order valence-corrected chi connectivity index (χ1v) is 17.4. The summed E-state index contributed by atoms with van der Waals surface area (Å²) < 4.78 is 2.61. The summed E-state index contributed by atoms with van der Waals surface area (Å²) in [5, 5.41) is 6.21. The second-order valence-electron chi connectivity index (χ2n) is 12.0. The van der Waals surface area contributed by atoms with Crippen LogP contribution < -0.4 is 4.90 Å². The molecule has 0 bridgehead atoms. The van der Waals surface area contributed by atoms with Gasteiger partial charge >= 0.3 is 0 Å². The van der Waals surface area contributed by atoms with E-state index in [1.165, 1.54) is 63.6 Å². The fourth-order valence-electron chi connectivity index (χ4n) is 7.08. The van der Waals surface area contributed by atoms with E-state index in [1.54, 1.807) is 11.3 Å². The van der Waals surface area contributed by atoms with Crippen LogP contribution in [0, 0.1) is 0 Å². The molecule has 10 rings (SSSR count). The molecule has 1 aliphatic carbocycles. The van der Waals surface area contributed by atoms with Crippen molar-refractivity contribution in [3.05, 3.63) is 158 Å². The minimum absolute atomic E-state index is 1.07. The van der Waals surface area contributed by atoms with Crippen LogP contribution in [0.15, 0.2) is 158 Å². The number of fused-ring (bicyclic) bond motifs is 6. The molecule has 7 aromatic carbocycles. The number of anilines is 3. The molecule has 0 unspecified atom stereocenters. The molecular formula is C43H26N2S2. The fraction of sp³-hybridized carbons (Fsp3) is 0. The summed E-state index contributed by atoms with van der Waals surface area (Å²) in [4.78, 5) is 8.88. The first kappa shape index (κ1) is 26.6. The van der Waals surface area contributed by atoms with E-state index >= 15 is 0 Å². The predicted octanol–water partition coefficient (Wildman–Crippen LogP) is 13.1. The number of aromatic nitrogens is 1. The molecule has 9 aromatic rings. The standard InChI is InChI=1S/C43H26N2S2/c1-3-10-27(11-4-1)28-18-20-30(21-19-28)45(31-22-23-33-32-14-7-8-17-38(32)46-39(33)26-31)37-25-24-36-40-34(37)15-9-16-35(40)41-42(36)47-43(44-41)29-12-5-2-6-13-29/h1-26H. The molecule has 47 heavy (non-hydrogen) atoms. The Balaban J connectivity index is 1.16. The van der Waals surface area contributed by atoms with Gasteiger partial charge in [-0.25, -0.2) is 4.98 Å². The van der Waals surface area contributed by atoms with Gasteiger partial charge in [0, 0.05) is 59.0 Å². The van der Waals surface area contributed by atoms with Crippen molar-refractivity contribution < 1.29 is 0 Å². The van der Waals surface area contributed by atoms with E-state index in [-0.39, 0.29) is 0 Å². The van der Waals surface area contributed by atoms with Crippen LogP contribution in [0.1, 0.15) is 0 Å². The van der Waals surface area contributed by atoms with Crippen LogP contribution in [0.4, 0.5) is 17.1 Å². The zero-order chi connectivity index (χ0) is 30.9. The topological polar surface area (TPSA) is 16.1 Å². The van der Waals surface area contributed by atoms with Gasteiger partial charge in [-0.1, -0.05) is 121 Å². The minimum Gasteiger partial charge on any atom is -0.310 e. The Kier molecular flexibility index (Phi) is 5.95. The van der Waals surface area contributed by atoms with E-state index in [1.807, 2.05) is 11.3 Å². The summed E-state index contributed by atoms with van der Waals surface area (Å²) in [5.74, 6) is 0. The van der Waals surface area contributed by atoms with E-state index < -0.39 is 0 Å². The number of benzene rings is 7. The van der Waals surface area contributed by atoms with Gasteiger partial charge in [0.15, 0.2) is 0 Å². The number of rotatable bonds is 5. The van der Waals surface area contributed by atoms with Crippen molar-refractivity contribution in [1.82, 2.24) is 4.98 Å². The molecule has 0 aliphatic heterocycles. The van der Waals surface area contributed by atoms with E-state index in [0.29, 0.717) is 0 Å². The van der Waals surface area contributed by atoms with Crippen molar-refractivity contribution in [2.75, 3.05) is 4.90 Å². The van der Waals surface area contributed by atoms with Gasteiger partial charge in [0.05, 0.1) is 16.3 Å². The van der Waals surface area contributed by atoms with Crippen molar-refractivity contribution in [1.29, 1.82) is 0 Å². The predicted molar refractivity (Wildman–Crippen MR) is 202 cm³/mol. The van der Waals surface area contributed by atoms with Gasteiger partial charge in [-0.2, -0.15) is 0 Å². The molecule has 2 nitrogen and oxygen atoms in total. The molecule has 0 saturated heterocycles. The lowest BCUT2D eigenvalue weighted by Crippen LogP contribution is -2.10. The van der Waals surface area contributed by atoms with Crippen LogP contribution in [0.5, 0.6) is 0 Å². The zero-order valence-corrected chi connectivity index (χ0v) is 26.9. The molecule has 0 atom stereocenters. The van der Waals surface area contributed by atoms with Crippen molar-refractivity contribution in [2.24, 2.45) is 0 Å². The lowest BCUT2D eigenvalue weighted by Gasteiger charge is -2.27. The van der Waals surface area contributed by atoms with Gasteiger partial charge < -0.3 is 4.90 Å². The molecule has 2 heterocycles. The molecule has 0 radical (unpaired) electrons. The van der Waals surface area contributed by atoms with E-state index in [9.17, 15) is 0 Å². The maximum Gasteiger partial charge on any atom is 0.124 e. The largest absolute Gasteiger partial charge is 0.310 e. The molecule has 0 amide bonds. The Morgan fingerprint density at radius 2 is 1.13 bits per heavy atom. The SMILES string of the molecule is c1ccc(-c2ccc(N(c3ccc4c(c3)sc3ccccc34)c3ccc4c5c(cccc35)-c3nc(-c5ccccc5)sc3-4)cc2)cc1. The second-order valence-corrected chi connectivity index (χ2v) is 14.0. The highest BCUT2D eigenvalue weighted by Crippen LogP contribution is 2.54. The Labute approximate surface area is 280 Å². The maximum atomic E-state index is 5.19. The Hall–Kier alpha value is -5.55. The normalized spacial score (nSPS) is 11.8. The van der Waals surface area contributed by atoms with Gasteiger partial charge in [0.25, 0.3) is 0 Å². The van der Waals surface area contributed by atoms with Crippen molar-refractivity contribution >= 4 is 70.7 Å². The Bertz CT molecular complexity index is 2590. The number of thiophene rings is 1. The van der Waals surface area contributed by atoms with Crippen LogP contribution in [-0.4, -0.2) is 4.98 Å². The van der Waals surface area contributed by atoms with Gasteiger partial charge in [0.2, 0.25) is 0 Å². The molecule has 4 heteroatoms. The minimum atomic E-state index is 1.07. The summed E-state index contributed by atoms with van der Waals surface area (Å²) >= 11 is 3.65. The lowest BCUT2D eigenvalue weighted by molar-refractivity contribution is 1.31. The lowest BCUT2D eigenvalue weighted by atomic mass is 10.0. The summed E-state index contributed by atoms with van der Waals surface area (Å²) in [6, 6.07) is 57.0. The molecule has 1 aliphatic rings. The third-order valence-electron chi connectivity index (χ3n) is 9.26. The number of hydrogen-bond donors (Lipinski definition) is 0. The summed E-state index contributed by atoms with van der Waals surface area (Å²) in [6.07, 6.45) is 0. The van der Waals surface area contributed by atoms with Gasteiger partial charge in [-0.15, -0.1) is 22.7 Å². The Morgan fingerprint density at radius 1 is 0.447 bits per heavy atom. The van der Waals surface area contributed by atoms with E-state index in [0.717, 1.165) is 27.8 Å². The number of nitrogens with zero attached hydrogens (tertiary/aromatic N) is 2. The third-order valence-corrected chi connectivity index (χ3v) is 11.5. The first-order chi connectivity index (χ1) is 23.3. The molecule has 0 fully saturated rings. The molecule has 0 saturated carbocycles. The second kappa shape index (κ2) is 10.5. The number of hydrogen-bond acceptors (Lipinski definition) is 4. The van der Waals surface area contributed by atoms with Crippen molar-refractivity contribution in [3.8, 4) is 43.4 Å². The van der Waals surface area contributed by atoms with Gasteiger partial charge in [-0.05, 0) is 47.5 Å². The third kappa shape index (κ3) is 4.19. The van der Waals surface area contributed by atoms with Crippen LogP contribution in [0.3, 0.4) is 0 Å². The molecule has 2 aromatic heterocycles. The van der Waals surface area contributed by atoms with Gasteiger partial charge in [0.1, 0.15) is 5.01 Å². The fourth-order valence-corrected chi connectivity index (χ4v) is 9.33. The summed E-state index contributed by atoms with van der Waals surface area (Å²) in [6.45, 7) is 0. The van der Waals surface area contributed by atoms with Crippen LogP contribution in [-0.2, 0) is 0 Å². The highest BCUT2D eigenvalue weighted by atomic mass is 32.1. The molecule has 220 valence electrons. The van der Waals surface area contributed by atoms with Crippen molar-refractivity contribution in [3.63, 3.8) is 0 Å². The quantitative estimate of drug-likeness (QED) is 0.187. The smallest absolute Gasteiger partial charge is 0.124 e. The molecule has 0 N–H and O–H groups in total. The highest BCUT2D eigenvalue weighted by molar-refractivity contribution is 7.25.